The molecule has 0 aliphatic carbocycles. The van der Waals surface area contributed by atoms with Crippen molar-refractivity contribution in [2.75, 3.05) is 57.4 Å². The molecule has 2 saturated heterocycles. The fourth-order valence-corrected chi connectivity index (χ4v) is 3.86. The predicted molar refractivity (Wildman–Crippen MR) is 90.2 cm³/mol. The molecule has 4 rings (SSSR count). The molecule has 2 fully saturated rings. The van der Waals surface area contributed by atoms with Gasteiger partial charge in [-0.25, -0.2) is 14.8 Å². The van der Waals surface area contributed by atoms with E-state index in [1.54, 1.807) is 6.33 Å². The van der Waals surface area contributed by atoms with E-state index in [9.17, 15) is 4.79 Å². The number of fused-ring (bicyclic) bond motifs is 1. The predicted octanol–water partition coefficient (Wildman–Crippen LogP) is 0.930. The number of carbonyl (C=O) groups excluding carboxylic acids is 1. The number of morpholine rings is 1. The lowest BCUT2D eigenvalue weighted by Crippen LogP contribution is -2.48. The Bertz CT molecular complexity index is 597. The van der Waals surface area contributed by atoms with Crippen LogP contribution in [0.25, 0.3) is 0 Å². The molecule has 0 N–H and O–H groups in total. The SMILES string of the molecule is O=C(N1CCOCC1)N1CCc2ncnc(N3CCCC3)c2CC1. The summed E-state index contributed by atoms with van der Waals surface area (Å²) in [6.07, 6.45) is 5.82. The van der Waals surface area contributed by atoms with Gasteiger partial charge in [-0.15, -0.1) is 0 Å². The first kappa shape index (κ1) is 15.6. The van der Waals surface area contributed by atoms with Crippen LogP contribution in [-0.2, 0) is 17.6 Å². The van der Waals surface area contributed by atoms with Crippen LogP contribution in [0.3, 0.4) is 0 Å². The first-order valence-corrected chi connectivity index (χ1v) is 9.02. The largest absolute Gasteiger partial charge is 0.378 e. The summed E-state index contributed by atoms with van der Waals surface area (Å²) in [7, 11) is 0. The maximum absolute atomic E-state index is 12.7. The minimum absolute atomic E-state index is 0.141. The Kier molecular flexibility index (Phi) is 4.51. The van der Waals surface area contributed by atoms with Crippen molar-refractivity contribution in [3.05, 3.63) is 17.6 Å². The van der Waals surface area contributed by atoms with Crippen LogP contribution < -0.4 is 4.90 Å². The number of ether oxygens (including phenoxy) is 1. The average molecular weight is 331 g/mol. The van der Waals surface area contributed by atoms with Crippen LogP contribution in [0.5, 0.6) is 0 Å². The molecule has 4 heterocycles. The molecule has 24 heavy (non-hydrogen) atoms. The molecule has 0 radical (unpaired) electrons. The standard InChI is InChI=1S/C17H25N5O2/c23-17(22-9-11-24-12-10-22)21-7-3-14-15(4-8-21)18-13-19-16(14)20-5-1-2-6-20/h13H,1-12H2. The minimum Gasteiger partial charge on any atom is -0.378 e. The van der Waals surface area contributed by atoms with Crippen LogP contribution in [0.2, 0.25) is 0 Å². The van der Waals surface area contributed by atoms with Gasteiger partial charge >= 0.3 is 6.03 Å². The van der Waals surface area contributed by atoms with E-state index in [2.05, 4.69) is 14.9 Å². The molecular formula is C17H25N5O2. The molecule has 1 aromatic heterocycles. The molecule has 3 aliphatic rings. The number of amides is 2. The summed E-state index contributed by atoms with van der Waals surface area (Å²) in [5.41, 5.74) is 2.36. The molecule has 2 amide bonds. The van der Waals surface area contributed by atoms with Crippen LogP contribution in [0, 0.1) is 0 Å². The Morgan fingerprint density at radius 2 is 1.62 bits per heavy atom. The lowest BCUT2D eigenvalue weighted by Gasteiger charge is -2.32. The lowest BCUT2D eigenvalue weighted by molar-refractivity contribution is 0.0436. The normalized spacial score (nSPS) is 21.6. The van der Waals surface area contributed by atoms with Gasteiger partial charge < -0.3 is 19.4 Å². The fourth-order valence-electron chi connectivity index (χ4n) is 3.86. The lowest BCUT2D eigenvalue weighted by atomic mass is 10.1. The zero-order valence-electron chi connectivity index (χ0n) is 14.1. The summed E-state index contributed by atoms with van der Waals surface area (Å²) in [4.78, 5) is 28.1. The maximum atomic E-state index is 12.7. The second-order valence-corrected chi connectivity index (χ2v) is 6.69. The van der Waals surface area contributed by atoms with E-state index in [4.69, 9.17) is 4.74 Å². The summed E-state index contributed by atoms with van der Waals surface area (Å²) in [5, 5.41) is 0. The van der Waals surface area contributed by atoms with E-state index in [1.807, 2.05) is 9.80 Å². The van der Waals surface area contributed by atoms with Crippen molar-refractivity contribution in [3.8, 4) is 0 Å². The number of hydrogen-bond acceptors (Lipinski definition) is 5. The fraction of sp³-hybridized carbons (Fsp3) is 0.706. The number of aromatic nitrogens is 2. The van der Waals surface area contributed by atoms with Crippen molar-refractivity contribution in [1.29, 1.82) is 0 Å². The van der Waals surface area contributed by atoms with Crippen molar-refractivity contribution in [2.24, 2.45) is 0 Å². The third-order valence-electron chi connectivity index (χ3n) is 5.22. The second kappa shape index (κ2) is 6.93. The summed E-state index contributed by atoms with van der Waals surface area (Å²) in [5.74, 6) is 1.10. The quantitative estimate of drug-likeness (QED) is 0.766. The molecule has 7 heteroatoms. The molecule has 0 atom stereocenters. The Morgan fingerprint density at radius 3 is 2.42 bits per heavy atom. The summed E-state index contributed by atoms with van der Waals surface area (Å²) >= 11 is 0. The Balaban J connectivity index is 1.49. The molecule has 3 aliphatic heterocycles. The van der Waals surface area contributed by atoms with Gasteiger partial charge in [0.2, 0.25) is 0 Å². The van der Waals surface area contributed by atoms with E-state index >= 15 is 0 Å². The molecule has 0 bridgehead atoms. The van der Waals surface area contributed by atoms with Crippen molar-refractivity contribution in [1.82, 2.24) is 19.8 Å². The highest BCUT2D eigenvalue weighted by atomic mass is 16.5. The smallest absolute Gasteiger partial charge is 0.320 e. The first-order valence-electron chi connectivity index (χ1n) is 9.02. The van der Waals surface area contributed by atoms with Gasteiger partial charge in [-0.05, 0) is 19.3 Å². The molecule has 0 saturated carbocycles. The van der Waals surface area contributed by atoms with Gasteiger partial charge in [0, 0.05) is 51.3 Å². The van der Waals surface area contributed by atoms with Gasteiger partial charge in [-0.1, -0.05) is 0 Å². The van der Waals surface area contributed by atoms with Crippen LogP contribution in [0.1, 0.15) is 24.1 Å². The van der Waals surface area contributed by atoms with E-state index in [0.29, 0.717) is 26.3 Å². The van der Waals surface area contributed by atoms with Crippen molar-refractivity contribution in [3.63, 3.8) is 0 Å². The number of rotatable bonds is 1. The molecular weight excluding hydrogens is 306 g/mol. The summed E-state index contributed by atoms with van der Waals surface area (Å²) in [6, 6.07) is 0.141. The monoisotopic (exact) mass is 331 g/mol. The van der Waals surface area contributed by atoms with Gasteiger partial charge in [0.1, 0.15) is 12.1 Å². The maximum Gasteiger partial charge on any atom is 0.320 e. The van der Waals surface area contributed by atoms with Crippen LogP contribution in [0.15, 0.2) is 6.33 Å². The minimum atomic E-state index is 0.141. The van der Waals surface area contributed by atoms with Gasteiger partial charge in [-0.2, -0.15) is 0 Å². The number of nitrogens with zero attached hydrogens (tertiary/aromatic N) is 5. The van der Waals surface area contributed by atoms with Crippen molar-refractivity contribution >= 4 is 11.8 Å². The van der Waals surface area contributed by atoms with Crippen molar-refractivity contribution < 1.29 is 9.53 Å². The van der Waals surface area contributed by atoms with Crippen LogP contribution in [-0.4, -0.2) is 78.3 Å². The number of anilines is 1. The zero-order chi connectivity index (χ0) is 16.4. The van der Waals surface area contributed by atoms with Gasteiger partial charge in [0.05, 0.1) is 18.9 Å². The van der Waals surface area contributed by atoms with Crippen LogP contribution >= 0.6 is 0 Å². The van der Waals surface area contributed by atoms with Gasteiger partial charge in [0.25, 0.3) is 0 Å². The molecule has 0 unspecified atom stereocenters. The third kappa shape index (κ3) is 3.05. The molecule has 1 aromatic rings. The molecule has 0 aromatic carbocycles. The Labute approximate surface area is 142 Å². The van der Waals surface area contributed by atoms with E-state index < -0.39 is 0 Å². The number of urea groups is 1. The van der Waals surface area contributed by atoms with Gasteiger partial charge in [0.15, 0.2) is 0 Å². The highest BCUT2D eigenvalue weighted by Crippen LogP contribution is 2.26. The second-order valence-electron chi connectivity index (χ2n) is 6.69. The molecule has 0 spiro atoms. The van der Waals surface area contributed by atoms with E-state index in [-0.39, 0.29) is 6.03 Å². The number of hydrogen-bond donors (Lipinski definition) is 0. The Morgan fingerprint density at radius 1 is 0.917 bits per heavy atom. The molecule has 130 valence electrons. The van der Waals surface area contributed by atoms with E-state index in [0.717, 1.165) is 50.5 Å². The van der Waals surface area contributed by atoms with Crippen molar-refractivity contribution in [2.45, 2.75) is 25.7 Å². The Hall–Kier alpha value is -1.89. The van der Waals surface area contributed by atoms with E-state index in [1.165, 1.54) is 18.4 Å². The number of carbonyl (C=O) groups is 1. The average Bonchev–Trinajstić information content (AvgIpc) is 3.08. The summed E-state index contributed by atoms with van der Waals surface area (Å²) < 4.78 is 5.35. The first-order chi connectivity index (χ1) is 11.8. The highest BCUT2D eigenvalue weighted by Gasteiger charge is 2.27. The topological polar surface area (TPSA) is 61.8 Å². The van der Waals surface area contributed by atoms with Gasteiger partial charge in [-0.3, -0.25) is 0 Å². The third-order valence-corrected chi connectivity index (χ3v) is 5.22. The zero-order valence-corrected chi connectivity index (χ0v) is 14.1. The molecule has 7 nitrogen and oxygen atoms in total. The van der Waals surface area contributed by atoms with Crippen LogP contribution in [0.4, 0.5) is 10.6 Å². The summed E-state index contributed by atoms with van der Waals surface area (Å²) in [6.45, 7) is 6.33. The highest BCUT2D eigenvalue weighted by molar-refractivity contribution is 5.74.